The lowest BCUT2D eigenvalue weighted by Crippen LogP contribution is -1.97. The first-order valence-electron chi connectivity index (χ1n) is 5.10. The third kappa shape index (κ3) is 2.72. The minimum absolute atomic E-state index is 0.200. The van der Waals surface area contributed by atoms with Crippen molar-refractivity contribution >= 4 is 10.1 Å². The van der Waals surface area contributed by atoms with Crippen molar-refractivity contribution in [2.75, 3.05) is 0 Å². The average Bonchev–Trinajstić information content (AvgIpc) is 2.28. The zero-order valence-electron chi connectivity index (χ0n) is 9.25. The molecule has 0 heterocycles. The largest absolute Gasteiger partial charge is 0.744 e. The Morgan fingerprint density at radius 2 is 1.59 bits per heavy atom. The van der Waals surface area contributed by atoms with Gasteiger partial charge in [-0.05, 0) is 30.2 Å². The van der Waals surface area contributed by atoms with Crippen LogP contribution in [0.25, 0.3) is 11.1 Å². The van der Waals surface area contributed by atoms with Crippen molar-refractivity contribution < 1.29 is 13.0 Å². The molecule has 0 fully saturated rings. The second-order valence-electron chi connectivity index (χ2n) is 3.85. The lowest BCUT2D eigenvalue weighted by molar-refractivity contribution is 0.463. The molecule has 0 atom stereocenters. The van der Waals surface area contributed by atoms with Crippen LogP contribution in [0.15, 0.2) is 53.4 Å². The van der Waals surface area contributed by atoms with E-state index in [0.717, 1.165) is 16.7 Å². The van der Waals surface area contributed by atoms with Crippen LogP contribution in [0.1, 0.15) is 5.56 Å². The molecule has 0 aliphatic rings. The Morgan fingerprint density at radius 1 is 0.941 bits per heavy atom. The minimum Gasteiger partial charge on any atom is -0.744 e. The van der Waals surface area contributed by atoms with Gasteiger partial charge in [-0.2, -0.15) is 0 Å². The van der Waals surface area contributed by atoms with Crippen molar-refractivity contribution in [3.8, 4) is 11.1 Å². The molecule has 0 amide bonds. The van der Waals surface area contributed by atoms with Crippen LogP contribution in [-0.2, 0) is 10.1 Å². The fraction of sp³-hybridized carbons (Fsp3) is 0.0769. The smallest absolute Gasteiger partial charge is 0.124 e. The van der Waals surface area contributed by atoms with Crippen molar-refractivity contribution in [2.45, 2.75) is 11.8 Å². The van der Waals surface area contributed by atoms with Crippen LogP contribution in [-0.4, -0.2) is 13.0 Å². The molecule has 3 nitrogen and oxygen atoms in total. The summed E-state index contributed by atoms with van der Waals surface area (Å²) < 4.78 is 32.3. The number of aryl methyl sites for hydroxylation is 1. The fourth-order valence-electron chi connectivity index (χ4n) is 1.64. The van der Waals surface area contributed by atoms with E-state index < -0.39 is 10.1 Å². The van der Waals surface area contributed by atoms with E-state index in [1.807, 2.05) is 31.2 Å². The van der Waals surface area contributed by atoms with Gasteiger partial charge in [-0.25, -0.2) is 8.42 Å². The summed E-state index contributed by atoms with van der Waals surface area (Å²) >= 11 is 0. The van der Waals surface area contributed by atoms with Gasteiger partial charge in [-0.15, -0.1) is 0 Å². The van der Waals surface area contributed by atoms with Gasteiger partial charge in [0.05, 0.1) is 4.90 Å². The average molecular weight is 247 g/mol. The highest BCUT2D eigenvalue weighted by Crippen LogP contribution is 2.21. The molecule has 0 bridgehead atoms. The topological polar surface area (TPSA) is 57.2 Å². The molecular formula is C13H11O3S-. The summed E-state index contributed by atoms with van der Waals surface area (Å²) in [7, 11) is -4.36. The molecule has 0 saturated heterocycles. The predicted molar refractivity (Wildman–Crippen MR) is 64.6 cm³/mol. The van der Waals surface area contributed by atoms with E-state index in [1.54, 1.807) is 12.1 Å². The van der Waals surface area contributed by atoms with Gasteiger partial charge in [0, 0.05) is 0 Å². The molecule has 0 aromatic heterocycles. The van der Waals surface area contributed by atoms with E-state index in [0.29, 0.717) is 0 Å². The summed E-state index contributed by atoms with van der Waals surface area (Å²) in [6.45, 7) is 1.99. The summed E-state index contributed by atoms with van der Waals surface area (Å²) in [4.78, 5) is -0.200. The highest BCUT2D eigenvalue weighted by molar-refractivity contribution is 7.85. The van der Waals surface area contributed by atoms with Crippen molar-refractivity contribution in [1.29, 1.82) is 0 Å². The zero-order chi connectivity index (χ0) is 12.5. The SMILES string of the molecule is Cc1cccc(-c2ccc(S(=O)(=O)[O-])cc2)c1. The van der Waals surface area contributed by atoms with Gasteiger partial charge in [0.2, 0.25) is 0 Å². The van der Waals surface area contributed by atoms with Crippen LogP contribution in [0.5, 0.6) is 0 Å². The number of hydrogen-bond acceptors (Lipinski definition) is 3. The van der Waals surface area contributed by atoms with Crippen molar-refractivity contribution in [3.63, 3.8) is 0 Å². The van der Waals surface area contributed by atoms with Crippen LogP contribution in [0.4, 0.5) is 0 Å². The Balaban J connectivity index is 2.43. The molecule has 0 saturated carbocycles. The highest BCUT2D eigenvalue weighted by atomic mass is 32.2. The first-order valence-corrected chi connectivity index (χ1v) is 6.51. The fourth-order valence-corrected chi connectivity index (χ4v) is 2.11. The molecule has 88 valence electrons. The maximum Gasteiger partial charge on any atom is 0.124 e. The molecule has 0 aliphatic heterocycles. The maximum atomic E-state index is 10.8. The third-order valence-corrected chi connectivity index (χ3v) is 3.34. The summed E-state index contributed by atoms with van der Waals surface area (Å²) in [6.07, 6.45) is 0. The van der Waals surface area contributed by atoms with E-state index in [-0.39, 0.29) is 4.90 Å². The molecule has 2 aromatic rings. The van der Waals surface area contributed by atoms with Gasteiger partial charge in [0.15, 0.2) is 0 Å². The molecule has 17 heavy (non-hydrogen) atoms. The number of benzene rings is 2. The maximum absolute atomic E-state index is 10.8. The molecular weight excluding hydrogens is 236 g/mol. The van der Waals surface area contributed by atoms with Crippen molar-refractivity contribution in [2.24, 2.45) is 0 Å². The first-order chi connectivity index (χ1) is 7.97. The zero-order valence-corrected chi connectivity index (χ0v) is 10.1. The Kier molecular flexibility index (Phi) is 3.00. The van der Waals surface area contributed by atoms with E-state index in [4.69, 9.17) is 0 Å². The Bertz CT molecular complexity index is 628. The standard InChI is InChI=1S/C13H12O3S/c1-10-3-2-4-12(9-10)11-5-7-13(8-6-11)17(14,15)16/h2-9H,1H3,(H,14,15,16)/p-1. The van der Waals surface area contributed by atoms with E-state index in [1.165, 1.54) is 12.1 Å². The normalized spacial score (nSPS) is 11.4. The monoisotopic (exact) mass is 247 g/mol. The lowest BCUT2D eigenvalue weighted by Gasteiger charge is -2.08. The van der Waals surface area contributed by atoms with Crippen LogP contribution in [0.3, 0.4) is 0 Å². The van der Waals surface area contributed by atoms with Crippen LogP contribution >= 0.6 is 0 Å². The molecule has 0 N–H and O–H groups in total. The van der Waals surface area contributed by atoms with Gasteiger partial charge in [0.25, 0.3) is 0 Å². The van der Waals surface area contributed by atoms with E-state index >= 15 is 0 Å². The van der Waals surface area contributed by atoms with Crippen LogP contribution in [0.2, 0.25) is 0 Å². The molecule has 4 heteroatoms. The van der Waals surface area contributed by atoms with Crippen LogP contribution < -0.4 is 0 Å². The third-order valence-electron chi connectivity index (χ3n) is 2.49. The van der Waals surface area contributed by atoms with Crippen molar-refractivity contribution in [3.05, 3.63) is 54.1 Å². The first kappa shape index (κ1) is 11.8. The summed E-state index contributed by atoms with van der Waals surface area (Å²) in [6, 6.07) is 13.8. The highest BCUT2D eigenvalue weighted by Gasteiger charge is 2.02. The summed E-state index contributed by atoms with van der Waals surface area (Å²) in [5.74, 6) is 0. The summed E-state index contributed by atoms with van der Waals surface area (Å²) in [5.41, 5.74) is 3.02. The van der Waals surface area contributed by atoms with Gasteiger partial charge in [0.1, 0.15) is 10.1 Å². The van der Waals surface area contributed by atoms with Gasteiger partial charge >= 0.3 is 0 Å². The van der Waals surface area contributed by atoms with Gasteiger partial charge < -0.3 is 4.55 Å². The second-order valence-corrected chi connectivity index (χ2v) is 5.23. The predicted octanol–water partition coefficient (Wildman–Crippen LogP) is 2.57. The van der Waals surface area contributed by atoms with Gasteiger partial charge in [-0.3, -0.25) is 0 Å². The summed E-state index contributed by atoms with van der Waals surface area (Å²) in [5, 5.41) is 0. The second kappa shape index (κ2) is 4.31. The number of rotatable bonds is 2. The van der Waals surface area contributed by atoms with Crippen LogP contribution in [0, 0.1) is 6.92 Å². The lowest BCUT2D eigenvalue weighted by atomic mass is 10.0. The molecule has 0 radical (unpaired) electrons. The number of hydrogen-bond donors (Lipinski definition) is 0. The molecule has 2 rings (SSSR count). The van der Waals surface area contributed by atoms with Gasteiger partial charge in [-0.1, -0.05) is 42.0 Å². The molecule has 0 aliphatic carbocycles. The van der Waals surface area contributed by atoms with E-state index in [9.17, 15) is 13.0 Å². The minimum atomic E-state index is -4.36. The molecule has 0 spiro atoms. The van der Waals surface area contributed by atoms with Crippen molar-refractivity contribution in [1.82, 2.24) is 0 Å². The molecule has 2 aromatic carbocycles. The van der Waals surface area contributed by atoms with E-state index in [2.05, 4.69) is 0 Å². The Morgan fingerprint density at radius 3 is 2.12 bits per heavy atom. The Hall–Kier alpha value is -1.65. The quantitative estimate of drug-likeness (QED) is 0.766. The Labute approximate surface area is 100 Å². The molecule has 0 unspecified atom stereocenters.